The van der Waals surface area contributed by atoms with Gasteiger partial charge in [-0.1, -0.05) is 41.9 Å². The summed E-state index contributed by atoms with van der Waals surface area (Å²) in [5, 5.41) is 3.37. The minimum Gasteiger partial charge on any atom is -0.369 e. The van der Waals surface area contributed by atoms with Crippen LogP contribution < -0.4 is 11.1 Å². The molecule has 3 N–H and O–H groups in total. The Morgan fingerprint density at radius 3 is 2.59 bits per heavy atom. The first-order valence-electron chi connectivity index (χ1n) is 9.70. The Morgan fingerprint density at radius 1 is 1.24 bits per heavy atom. The van der Waals surface area contributed by atoms with Gasteiger partial charge in [-0.25, -0.2) is 4.99 Å². The van der Waals surface area contributed by atoms with E-state index in [1.165, 1.54) is 11.8 Å². The third-order valence-electron chi connectivity index (χ3n) is 5.48. The van der Waals surface area contributed by atoms with E-state index >= 15 is 0 Å². The summed E-state index contributed by atoms with van der Waals surface area (Å²) >= 11 is 6.15. The second-order valence-electron chi connectivity index (χ2n) is 7.54. The van der Waals surface area contributed by atoms with Gasteiger partial charge in [0, 0.05) is 25.0 Å². The number of hydrogen-bond donors (Lipinski definition) is 2. The zero-order chi connectivity index (χ0) is 20.6. The van der Waals surface area contributed by atoms with Crippen molar-refractivity contribution in [2.45, 2.75) is 25.3 Å². The van der Waals surface area contributed by atoms with Crippen LogP contribution in [0.25, 0.3) is 11.1 Å². The molecule has 0 radical (unpaired) electrons. The number of carbonyl (C=O) groups is 2. The first-order valence-corrected chi connectivity index (χ1v) is 10.1. The average Bonchev–Trinajstić information content (AvgIpc) is 3.51. The number of hydrogen-bond acceptors (Lipinski definition) is 4. The highest BCUT2D eigenvalue weighted by molar-refractivity contribution is 6.30. The van der Waals surface area contributed by atoms with E-state index in [2.05, 4.69) is 5.32 Å². The maximum absolute atomic E-state index is 13.5. The summed E-state index contributed by atoms with van der Waals surface area (Å²) in [4.78, 5) is 30.8. The van der Waals surface area contributed by atoms with Crippen molar-refractivity contribution in [1.29, 1.82) is 0 Å². The van der Waals surface area contributed by atoms with Gasteiger partial charge in [0.15, 0.2) is 11.5 Å². The fraction of sp³-hybridized carbons (Fsp3) is 0.318. The third kappa shape index (κ3) is 3.60. The zero-order valence-electron chi connectivity index (χ0n) is 16.2. The summed E-state index contributed by atoms with van der Waals surface area (Å²) in [7, 11) is 0. The highest BCUT2D eigenvalue weighted by Crippen LogP contribution is 2.52. The quantitative estimate of drug-likeness (QED) is 0.767. The van der Waals surface area contributed by atoms with Gasteiger partial charge in [-0.3, -0.25) is 14.5 Å². The summed E-state index contributed by atoms with van der Waals surface area (Å²) in [6, 6.07) is 15.5. The molecule has 6 nitrogen and oxygen atoms in total. The van der Waals surface area contributed by atoms with Crippen molar-refractivity contribution in [3.63, 3.8) is 0 Å². The molecule has 29 heavy (non-hydrogen) atoms. The lowest BCUT2D eigenvalue weighted by molar-refractivity contribution is -0.132. The molecule has 0 aromatic heterocycles. The van der Waals surface area contributed by atoms with Crippen molar-refractivity contribution in [3.8, 4) is 11.1 Å². The molecule has 0 spiro atoms. The van der Waals surface area contributed by atoms with E-state index < -0.39 is 5.54 Å². The molecule has 7 heteroatoms. The minimum atomic E-state index is -0.991. The van der Waals surface area contributed by atoms with Crippen LogP contribution in [0.15, 0.2) is 53.5 Å². The first kappa shape index (κ1) is 19.5. The number of nitrogens with zero attached hydrogens (tertiary/aromatic N) is 2. The molecule has 1 saturated carbocycles. The third-order valence-corrected chi connectivity index (χ3v) is 5.71. The summed E-state index contributed by atoms with van der Waals surface area (Å²) in [5.41, 5.74) is 7.96. The van der Waals surface area contributed by atoms with Crippen molar-refractivity contribution in [1.82, 2.24) is 10.2 Å². The molecular formula is C22H23ClN4O2. The monoisotopic (exact) mass is 410 g/mol. The van der Waals surface area contributed by atoms with Crippen molar-refractivity contribution < 1.29 is 9.59 Å². The Morgan fingerprint density at radius 2 is 1.93 bits per heavy atom. The predicted octanol–water partition coefficient (Wildman–Crippen LogP) is 2.91. The fourth-order valence-electron chi connectivity index (χ4n) is 3.95. The normalized spacial score (nSPS) is 21.2. The van der Waals surface area contributed by atoms with E-state index in [-0.39, 0.29) is 23.7 Å². The average molecular weight is 411 g/mol. The molecule has 4 rings (SSSR count). The number of nitrogens with two attached hydrogens (primary N) is 1. The van der Waals surface area contributed by atoms with Gasteiger partial charge in [-0.2, -0.15) is 0 Å². The SMILES string of the molecule is CC(=O)NCCN1C(=O)C(c2cccc(-c3cccc(Cl)c3)c2)(C2CC2)N=C1N. The molecule has 2 aromatic carbocycles. The van der Waals surface area contributed by atoms with Crippen LogP contribution in [0.5, 0.6) is 0 Å². The van der Waals surface area contributed by atoms with Crippen LogP contribution >= 0.6 is 11.6 Å². The molecule has 1 atom stereocenters. The van der Waals surface area contributed by atoms with E-state index in [9.17, 15) is 9.59 Å². The number of benzene rings is 2. The number of rotatable bonds is 6. The van der Waals surface area contributed by atoms with Crippen molar-refractivity contribution >= 4 is 29.4 Å². The van der Waals surface area contributed by atoms with Crippen LogP contribution in [-0.4, -0.2) is 35.8 Å². The topological polar surface area (TPSA) is 87.8 Å². The summed E-state index contributed by atoms with van der Waals surface area (Å²) in [6.45, 7) is 2.08. The minimum absolute atomic E-state index is 0.119. The molecule has 1 aliphatic carbocycles. The first-order chi connectivity index (χ1) is 13.9. The van der Waals surface area contributed by atoms with E-state index in [0.717, 1.165) is 29.5 Å². The number of carbonyl (C=O) groups excluding carboxylic acids is 2. The molecule has 2 amide bonds. The van der Waals surface area contributed by atoms with Crippen LogP contribution in [0, 0.1) is 5.92 Å². The van der Waals surface area contributed by atoms with Gasteiger partial charge in [0.25, 0.3) is 5.91 Å². The molecule has 0 bridgehead atoms. The standard InChI is InChI=1S/C22H23ClN4O2/c1-14(28)25-10-11-27-20(29)22(17-8-9-17,26-21(27)24)18-6-2-4-15(12-18)16-5-3-7-19(23)13-16/h2-7,12-13,17H,8-11H2,1H3,(H2,24,26)(H,25,28). The summed E-state index contributed by atoms with van der Waals surface area (Å²) in [6.07, 6.45) is 1.87. The Hall–Kier alpha value is -2.86. The zero-order valence-corrected chi connectivity index (χ0v) is 16.9. The molecule has 150 valence electrons. The Labute approximate surface area is 174 Å². The number of aliphatic imine (C=N–C) groups is 1. The highest BCUT2D eigenvalue weighted by Gasteiger charge is 2.57. The van der Waals surface area contributed by atoms with Gasteiger partial charge >= 0.3 is 0 Å². The number of amides is 2. The molecule has 2 aliphatic rings. The molecule has 1 aliphatic heterocycles. The van der Waals surface area contributed by atoms with Gasteiger partial charge < -0.3 is 11.1 Å². The summed E-state index contributed by atoms with van der Waals surface area (Å²) in [5.74, 6) is 0.0790. The van der Waals surface area contributed by atoms with Crippen molar-refractivity contribution in [3.05, 3.63) is 59.1 Å². The van der Waals surface area contributed by atoms with Gasteiger partial charge in [0.1, 0.15) is 0 Å². The van der Waals surface area contributed by atoms with Crippen LogP contribution in [0.4, 0.5) is 0 Å². The van der Waals surface area contributed by atoms with E-state index in [0.29, 0.717) is 18.1 Å². The van der Waals surface area contributed by atoms with Crippen LogP contribution in [-0.2, 0) is 15.1 Å². The second kappa shape index (κ2) is 7.52. The van der Waals surface area contributed by atoms with E-state index in [4.69, 9.17) is 22.3 Å². The van der Waals surface area contributed by atoms with Gasteiger partial charge in [0.05, 0.1) is 0 Å². The lowest BCUT2D eigenvalue weighted by Gasteiger charge is -2.27. The molecule has 2 aromatic rings. The fourth-order valence-corrected chi connectivity index (χ4v) is 4.14. The Balaban J connectivity index is 1.69. The Kier molecular flexibility index (Phi) is 5.04. The van der Waals surface area contributed by atoms with Crippen molar-refractivity contribution in [2.75, 3.05) is 13.1 Å². The molecular weight excluding hydrogens is 388 g/mol. The lowest BCUT2D eigenvalue weighted by atomic mass is 9.83. The molecule has 1 unspecified atom stereocenters. The molecule has 0 saturated heterocycles. The van der Waals surface area contributed by atoms with Gasteiger partial charge in [-0.05, 0) is 53.6 Å². The van der Waals surface area contributed by atoms with Gasteiger partial charge in [0.2, 0.25) is 5.91 Å². The lowest BCUT2D eigenvalue weighted by Crippen LogP contribution is -2.46. The summed E-state index contributed by atoms with van der Waals surface area (Å²) < 4.78 is 0. The maximum Gasteiger partial charge on any atom is 0.262 e. The van der Waals surface area contributed by atoms with Crippen LogP contribution in [0.3, 0.4) is 0 Å². The number of nitrogens with one attached hydrogen (secondary N) is 1. The van der Waals surface area contributed by atoms with E-state index in [1.807, 2.05) is 48.5 Å². The molecule has 1 fully saturated rings. The second-order valence-corrected chi connectivity index (χ2v) is 7.98. The largest absolute Gasteiger partial charge is 0.369 e. The van der Waals surface area contributed by atoms with Crippen LogP contribution in [0.2, 0.25) is 5.02 Å². The maximum atomic E-state index is 13.5. The number of halogens is 1. The Bertz CT molecular complexity index is 1000. The van der Waals surface area contributed by atoms with Crippen molar-refractivity contribution in [2.24, 2.45) is 16.6 Å². The molecule has 1 heterocycles. The van der Waals surface area contributed by atoms with Gasteiger partial charge in [-0.15, -0.1) is 0 Å². The van der Waals surface area contributed by atoms with E-state index in [1.54, 1.807) is 0 Å². The number of guanidine groups is 1. The highest BCUT2D eigenvalue weighted by atomic mass is 35.5. The predicted molar refractivity (Wildman–Crippen MR) is 113 cm³/mol. The van der Waals surface area contributed by atoms with Crippen LogP contribution in [0.1, 0.15) is 25.3 Å². The smallest absolute Gasteiger partial charge is 0.262 e.